The van der Waals surface area contributed by atoms with Gasteiger partial charge in [0, 0.05) is 38.2 Å². The van der Waals surface area contributed by atoms with Gasteiger partial charge in [0.15, 0.2) is 5.16 Å². The molecule has 1 heterocycles. The number of aromatic nitrogens is 2. The Hall–Kier alpha value is -2.82. The van der Waals surface area contributed by atoms with E-state index in [0.717, 1.165) is 21.3 Å². The number of methoxy groups -OCH3 is 1. The third-order valence-electron chi connectivity index (χ3n) is 4.84. The van der Waals surface area contributed by atoms with Crippen molar-refractivity contribution in [3.8, 4) is 11.4 Å². The fraction of sp³-hybridized carbons (Fsp3) is 0.273. The van der Waals surface area contributed by atoms with Gasteiger partial charge in [-0.2, -0.15) is 0 Å². The first-order valence-electron chi connectivity index (χ1n) is 9.82. The van der Waals surface area contributed by atoms with E-state index in [2.05, 4.69) is 10.3 Å². The minimum atomic E-state index is -3.60. The second-order valence-corrected chi connectivity index (χ2v) is 10.8. The van der Waals surface area contributed by atoms with Crippen LogP contribution in [0.15, 0.2) is 64.9 Å². The third kappa shape index (κ3) is 5.14. The Bertz CT molecular complexity index is 1220. The van der Waals surface area contributed by atoms with E-state index in [1.54, 1.807) is 26.3 Å². The zero-order valence-corrected chi connectivity index (χ0v) is 20.2. The minimum absolute atomic E-state index is 0.122. The summed E-state index contributed by atoms with van der Waals surface area (Å²) in [7, 11) is 0.943. The SMILES string of the molecule is COc1cccc(-n2ccnc2SC(C)C(=O)Nc2cc(S(=O)(=O)N(C)C)ccc2C)c1. The van der Waals surface area contributed by atoms with Crippen LogP contribution in [0.5, 0.6) is 5.75 Å². The van der Waals surface area contributed by atoms with Crippen molar-refractivity contribution >= 4 is 33.4 Å². The molecule has 0 bridgehead atoms. The van der Waals surface area contributed by atoms with Crippen LogP contribution in [0.25, 0.3) is 5.69 Å². The van der Waals surface area contributed by atoms with Crippen LogP contribution in [0, 0.1) is 6.92 Å². The largest absolute Gasteiger partial charge is 0.497 e. The summed E-state index contributed by atoms with van der Waals surface area (Å²) in [6, 6.07) is 12.3. The van der Waals surface area contributed by atoms with Crippen molar-refractivity contribution in [1.82, 2.24) is 13.9 Å². The van der Waals surface area contributed by atoms with Crippen LogP contribution >= 0.6 is 11.8 Å². The lowest BCUT2D eigenvalue weighted by Gasteiger charge is -2.16. The van der Waals surface area contributed by atoms with Gasteiger partial charge in [0.05, 0.1) is 22.9 Å². The van der Waals surface area contributed by atoms with Crippen LogP contribution in [0.2, 0.25) is 0 Å². The van der Waals surface area contributed by atoms with E-state index in [1.807, 2.05) is 42.0 Å². The molecule has 0 aliphatic heterocycles. The lowest BCUT2D eigenvalue weighted by molar-refractivity contribution is -0.115. The molecule has 0 spiro atoms. The fourth-order valence-electron chi connectivity index (χ4n) is 2.89. The molecule has 0 aliphatic rings. The Morgan fingerprint density at radius 2 is 1.97 bits per heavy atom. The first-order valence-corrected chi connectivity index (χ1v) is 12.1. The minimum Gasteiger partial charge on any atom is -0.497 e. The van der Waals surface area contributed by atoms with Crippen molar-refractivity contribution in [2.45, 2.75) is 29.1 Å². The molecule has 10 heteroatoms. The van der Waals surface area contributed by atoms with Crippen molar-refractivity contribution in [2.24, 2.45) is 0 Å². The number of carbonyl (C=O) groups excluding carboxylic acids is 1. The number of carbonyl (C=O) groups is 1. The van der Waals surface area contributed by atoms with Gasteiger partial charge in [0.1, 0.15) is 5.75 Å². The first kappa shape index (κ1) is 23.8. The molecular weight excluding hydrogens is 448 g/mol. The molecule has 170 valence electrons. The Morgan fingerprint density at radius 1 is 1.22 bits per heavy atom. The molecule has 1 aromatic heterocycles. The molecule has 3 rings (SSSR count). The predicted molar refractivity (Wildman–Crippen MR) is 126 cm³/mol. The maximum absolute atomic E-state index is 12.9. The van der Waals surface area contributed by atoms with Crippen LogP contribution in [0.3, 0.4) is 0 Å². The molecule has 2 aromatic carbocycles. The smallest absolute Gasteiger partial charge is 0.242 e. The number of anilines is 1. The predicted octanol–water partition coefficient (Wildman–Crippen LogP) is 3.56. The van der Waals surface area contributed by atoms with E-state index in [0.29, 0.717) is 10.8 Å². The fourth-order valence-corrected chi connectivity index (χ4v) is 4.70. The molecule has 0 fully saturated rings. The molecule has 32 heavy (non-hydrogen) atoms. The molecule has 1 amide bonds. The van der Waals surface area contributed by atoms with Gasteiger partial charge in [-0.05, 0) is 43.7 Å². The van der Waals surface area contributed by atoms with Gasteiger partial charge in [0.2, 0.25) is 15.9 Å². The topological polar surface area (TPSA) is 93.5 Å². The molecule has 1 atom stereocenters. The van der Waals surface area contributed by atoms with Crippen molar-refractivity contribution in [2.75, 3.05) is 26.5 Å². The highest BCUT2D eigenvalue weighted by Crippen LogP contribution is 2.28. The van der Waals surface area contributed by atoms with Crippen LogP contribution in [-0.4, -0.2) is 54.6 Å². The average Bonchev–Trinajstić information content (AvgIpc) is 3.23. The van der Waals surface area contributed by atoms with Crippen molar-refractivity contribution in [3.63, 3.8) is 0 Å². The number of hydrogen-bond acceptors (Lipinski definition) is 6. The second kappa shape index (κ2) is 9.76. The lowest BCUT2D eigenvalue weighted by Crippen LogP contribution is -2.25. The summed E-state index contributed by atoms with van der Waals surface area (Å²) < 4.78 is 33.2. The quantitative estimate of drug-likeness (QED) is 0.502. The van der Waals surface area contributed by atoms with E-state index >= 15 is 0 Å². The molecule has 3 aromatic rings. The Labute approximate surface area is 192 Å². The molecular formula is C22H26N4O4S2. The number of imidazole rings is 1. The van der Waals surface area contributed by atoms with Gasteiger partial charge in [-0.25, -0.2) is 17.7 Å². The number of nitrogens with one attached hydrogen (secondary N) is 1. The Balaban J connectivity index is 1.78. The number of amides is 1. The van der Waals surface area contributed by atoms with Crippen molar-refractivity contribution < 1.29 is 17.9 Å². The number of rotatable bonds is 8. The summed E-state index contributed by atoms with van der Waals surface area (Å²) in [6.45, 7) is 3.59. The lowest BCUT2D eigenvalue weighted by atomic mass is 10.2. The highest BCUT2D eigenvalue weighted by molar-refractivity contribution is 8.00. The monoisotopic (exact) mass is 474 g/mol. The van der Waals surface area contributed by atoms with E-state index < -0.39 is 15.3 Å². The summed E-state index contributed by atoms with van der Waals surface area (Å²) in [4.78, 5) is 17.4. The third-order valence-corrected chi connectivity index (χ3v) is 7.73. The van der Waals surface area contributed by atoms with E-state index in [4.69, 9.17) is 4.74 Å². The van der Waals surface area contributed by atoms with Crippen LogP contribution in [0.4, 0.5) is 5.69 Å². The molecule has 0 radical (unpaired) electrons. The molecule has 0 saturated heterocycles. The highest BCUT2D eigenvalue weighted by Gasteiger charge is 2.21. The summed E-state index contributed by atoms with van der Waals surface area (Å²) in [5, 5.41) is 3.03. The summed E-state index contributed by atoms with van der Waals surface area (Å²) >= 11 is 1.31. The zero-order chi connectivity index (χ0) is 23.5. The number of sulfonamides is 1. The molecule has 1 unspecified atom stereocenters. The Morgan fingerprint density at radius 3 is 2.66 bits per heavy atom. The average molecular weight is 475 g/mol. The van der Waals surface area contributed by atoms with Gasteiger partial charge in [0.25, 0.3) is 0 Å². The maximum atomic E-state index is 12.9. The maximum Gasteiger partial charge on any atom is 0.242 e. The van der Waals surface area contributed by atoms with Crippen molar-refractivity contribution in [3.05, 3.63) is 60.4 Å². The van der Waals surface area contributed by atoms with Gasteiger partial charge in [-0.3, -0.25) is 9.36 Å². The number of ether oxygens (including phenoxy) is 1. The number of nitrogens with zero attached hydrogens (tertiary/aromatic N) is 3. The molecule has 0 saturated carbocycles. The summed E-state index contributed by atoms with van der Waals surface area (Å²) in [6.07, 6.45) is 3.49. The van der Waals surface area contributed by atoms with E-state index in [-0.39, 0.29) is 10.8 Å². The Kier molecular flexibility index (Phi) is 7.27. The van der Waals surface area contributed by atoms with Crippen LogP contribution in [0.1, 0.15) is 12.5 Å². The van der Waals surface area contributed by atoms with Crippen LogP contribution in [-0.2, 0) is 14.8 Å². The highest BCUT2D eigenvalue weighted by atomic mass is 32.2. The van der Waals surface area contributed by atoms with Gasteiger partial charge >= 0.3 is 0 Å². The first-order chi connectivity index (χ1) is 15.1. The van der Waals surface area contributed by atoms with Crippen molar-refractivity contribution in [1.29, 1.82) is 0 Å². The number of thioether (sulfide) groups is 1. The molecule has 1 N–H and O–H groups in total. The second-order valence-electron chi connectivity index (χ2n) is 7.29. The van der Waals surface area contributed by atoms with Gasteiger partial charge in [-0.15, -0.1) is 0 Å². The number of aryl methyl sites for hydroxylation is 1. The van der Waals surface area contributed by atoms with E-state index in [9.17, 15) is 13.2 Å². The molecule has 0 aliphatic carbocycles. The van der Waals surface area contributed by atoms with Gasteiger partial charge < -0.3 is 10.1 Å². The normalized spacial score (nSPS) is 12.6. The molecule has 8 nitrogen and oxygen atoms in total. The van der Waals surface area contributed by atoms with E-state index in [1.165, 1.54) is 38.0 Å². The summed E-state index contributed by atoms with van der Waals surface area (Å²) in [5.74, 6) is 0.471. The zero-order valence-electron chi connectivity index (χ0n) is 18.6. The standard InChI is InChI=1S/C22H26N4O4S2/c1-15-9-10-19(32(28,29)25(3)4)14-20(15)24-21(27)16(2)31-22-23-11-12-26(22)17-7-6-8-18(13-17)30-5/h6-14,16H,1-5H3,(H,24,27). The van der Waals surface area contributed by atoms with Crippen LogP contribution < -0.4 is 10.1 Å². The van der Waals surface area contributed by atoms with Gasteiger partial charge in [-0.1, -0.05) is 23.9 Å². The number of hydrogen-bond donors (Lipinski definition) is 1. The summed E-state index contributed by atoms with van der Waals surface area (Å²) in [5.41, 5.74) is 2.10. The number of benzene rings is 2.